The molecule has 0 saturated carbocycles. The van der Waals surface area contributed by atoms with Crippen LogP contribution >= 0.6 is 0 Å². The molecule has 0 unspecified atom stereocenters. The van der Waals surface area contributed by atoms with Crippen LogP contribution in [0.25, 0.3) is 88.9 Å². The fraction of sp³-hybridized carbons (Fsp3) is 0. The number of rotatable bonds is 6. The summed E-state index contributed by atoms with van der Waals surface area (Å²) in [7, 11) is 0. The molecule has 2 aromatic heterocycles. The summed E-state index contributed by atoms with van der Waals surface area (Å²) >= 11 is 0. The monoisotopic (exact) mass is 944 g/mol. The van der Waals surface area contributed by atoms with Crippen molar-refractivity contribution in [3.63, 3.8) is 0 Å². The predicted molar refractivity (Wildman–Crippen MR) is 244 cm³/mol. The van der Waals surface area contributed by atoms with Gasteiger partial charge in [0, 0.05) is 18.1 Å². The van der Waals surface area contributed by atoms with Crippen molar-refractivity contribution < 1.29 is 21.1 Å². The van der Waals surface area contributed by atoms with Crippen LogP contribution in [0, 0.1) is 12.1 Å². The maximum atomic E-state index is 4.96. The third kappa shape index (κ3) is 6.64. The molecule has 0 bridgehead atoms. The van der Waals surface area contributed by atoms with E-state index >= 15 is 0 Å². The minimum absolute atomic E-state index is 0. The molecule has 0 radical (unpaired) electrons. The largest absolute Gasteiger partial charge is 2.00 e. The molecule has 0 N–H and O–H groups in total. The van der Waals surface area contributed by atoms with E-state index in [1.54, 1.807) is 0 Å². The fourth-order valence-electron chi connectivity index (χ4n) is 8.58. The minimum Gasteiger partial charge on any atom is -0.346 e. The van der Waals surface area contributed by atoms with Gasteiger partial charge in [0.05, 0.1) is 0 Å². The van der Waals surface area contributed by atoms with Crippen molar-refractivity contribution in [2.45, 2.75) is 0 Å². The van der Waals surface area contributed by atoms with Gasteiger partial charge in [0.2, 0.25) is 0 Å². The average molecular weight is 945 g/mol. The Labute approximate surface area is 364 Å². The molecule has 3 nitrogen and oxygen atoms in total. The Morgan fingerprint density at radius 3 is 1.53 bits per heavy atom. The SMILES string of the molecule is [Pt+2].[c-]1c(-c2ccccn2)cccc1N(c1[c-]c(-c2nccc3cc(-c4ccc5c(c4)-c4ccccc4-c4ccccc4-c4ccccc4-5)ccc23)ccc1)c1ccccc1. The molecule has 0 spiro atoms. The molecule has 2 heterocycles. The second-order valence-electron chi connectivity index (χ2n) is 14.8. The van der Waals surface area contributed by atoms with Gasteiger partial charge in [-0.05, 0) is 126 Å². The maximum absolute atomic E-state index is 4.96. The van der Waals surface area contributed by atoms with Crippen LogP contribution in [0.4, 0.5) is 17.1 Å². The van der Waals surface area contributed by atoms with Gasteiger partial charge in [-0.1, -0.05) is 127 Å². The fourth-order valence-corrected chi connectivity index (χ4v) is 8.58. The number of benzene rings is 8. The van der Waals surface area contributed by atoms with Crippen molar-refractivity contribution in [3.8, 4) is 78.1 Å². The number of pyridine rings is 2. The number of fused-ring (bicyclic) bond motifs is 9. The number of aromatic nitrogens is 2. The zero-order valence-corrected chi connectivity index (χ0v) is 34.6. The topological polar surface area (TPSA) is 29.0 Å². The summed E-state index contributed by atoms with van der Waals surface area (Å²) in [6, 6.07) is 78.3. The van der Waals surface area contributed by atoms with Crippen LogP contribution in [-0.4, -0.2) is 9.97 Å². The van der Waals surface area contributed by atoms with Gasteiger partial charge in [0.1, 0.15) is 0 Å². The van der Waals surface area contributed by atoms with Crippen LogP contribution in [0.3, 0.4) is 0 Å². The Morgan fingerprint density at radius 2 is 0.900 bits per heavy atom. The molecular formula is C56H35N3Pt. The smallest absolute Gasteiger partial charge is 0.346 e. The standard InChI is InChI=1S/C56H35N3.Pt/c1-2-16-43(17-3-1)59(44-18-12-14-41(35-44)55-26-10-11-32-57-55)45-19-13-15-42(36-45)56-46-29-27-38(34-40(46)31-33-58-56)39-28-30-53-51-24-7-6-22-49(51)47-20-4-5-21-48(47)50-23-8-9-25-52(50)54(53)37-39;/h1-34,37H;/q-2;+2. The van der Waals surface area contributed by atoms with E-state index in [1.807, 2.05) is 42.7 Å². The molecule has 0 aliphatic heterocycles. The Morgan fingerprint density at radius 1 is 0.367 bits per heavy atom. The summed E-state index contributed by atoms with van der Waals surface area (Å²) < 4.78 is 0. The first-order valence-corrected chi connectivity index (χ1v) is 19.9. The number of anilines is 3. The van der Waals surface area contributed by atoms with E-state index in [1.165, 1.54) is 50.1 Å². The Kier molecular flexibility index (Phi) is 9.81. The summed E-state index contributed by atoms with van der Waals surface area (Å²) in [4.78, 5) is 11.7. The van der Waals surface area contributed by atoms with Crippen LogP contribution in [0.5, 0.6) is 0 Å². The molecule has 1 aliphatic rings. The molecular weight excluding hydrogens is 910 g/mol. The van der Waals surface area contributed by atoms with Gasteiger partial charge < -0.3 is 14.9 Å². The van der Waals surface area contributed by atoms with Crippen LogP contribution in [0.1, 0.15) is 0 Å². The van der Waals surface area contributed by atoms with E-state index in [0.717, 1.165) is 55.9 Å². The first-order chi connectivity index (χ1) is 29.3. The number of hydrogen-bond acceptors (Lipinski definition) is 3. The van der Waals surface area contributed by atoms with Gasteiger partial charge in [0.15, 0.2) is 0 Å². The van der Waals surface area contributed by atoms with Crippen molar-refractivity contribution in [1.29, 1.82) is 0 Å². The Balaban J connectivity index is 0.00000433. The summed E-state index contributed by atoms with van der Waals surface area (Å²) in [5.74, 6) is 0. The third-order valence-electron chi connectivity index (χ3n) is 11.3. The van der Waals surface area contributed by atoms with Gasteiger partial charge in [-0.2, -0.15) is 0 Å². The molecule has 0 fully saturated rings. The molecule has 8 aromatic carbocycles. The van der Waals surface area contributed by atoms with Gasteiger partial charge in [-0.15, -0.1) is 59.7 Å². The summed E-state index contributed by atoms with van der Waals surface area (Å²) in [6.45, 7) is 0. The van der Waals surface area contributed by atoms with Gasteiger partial charge in [-0.3, -0.25) is 0 Å². The van der Waals surface area contributed by atoms with Gasteiger partial charge >= 0.3 is 21.1 Å². The maximum Gasteiger partial charge on any atom is 2.00 e. The molecule has 1 aliphatic carbocycles. The van der Waals surface area contributed by atoms with E-state index in [9.17, 15) is 0 Å². The van der Waals surface area contributed by atoms with Crippen LogP contribution < -0.4 is 4.90 Å². The Hall–Kier alpha value is -7.19. The number of para-hydroxylation sites is 1. The molecule has 284 valence electrons. The Bertz CT molecular complexity index is 3170. The van der Waals surface area contributed by atoms with Crippen molar-refractivity contribution in [2.75, 3.05) is 4.90 Å². The quantitative estimate of drug-likeness (QED) is 0.156. The molecule has 60 heavy (non-hydrogen) atoms. The summed E-state index contributed by atoms with van der Waals surface area (Å²) in [6.07, 6.45) is 3.72. The van der Waals surface area contributed by atoms with Crippen molar-refractivity contribution in [1.82, 2.24) is 9.97 Å². The minimum atomic E-state index is 0. The van der Waals surface area contributed by atoms with Crippen LogP contribution in [-0.2, 0) is 21.1 Å². The van der Waals surface area contributed by atoms with Gasteiger partial charge in [-0.25, -0.2) is 0 Å². The van der Waals surface area contributed by atoms with E-state index in [4.69, 9.17) is 4.98 Å². The van der Waals surface area contributed by atoms with E-state index in [0.29, 0.717) is 0 Å². The third-order valence-corrected chi connectivity index (χ3v) is 11.3. The zero-order chi connectivity index (χ0) is 39.1. The van der Waals surface area contributed by atoms with Crippen LogP contribution in [0.2, 0.25) is 0 Å². The molecule has 11 rings (SSSR count). The number of nitrogens with zero attached hydrogens (tertiary/aromatic N) is 3. The zero-order valence-electron chi connectivity index (χ0n) is 32.4. The second-order valence-corrected chi connectivity index (χ2v) is 14.8. The van der Waals surface area contributed by atoms with Crippen LogP contribution in [0.15, 0.2) is 213 Å². The van der Waals surface area contributed by atoms with Gasteiger partial charge in [0.25, 0.3) is 0 Å². The number of hydrogen-bond donors (Lipinski definition) is 0. The summed E-state index contributed by atoms with van der Waals surface area (Å²) in [5, 5.41) is 2.19. The molecule has 0 saturated heterocycles. The first-order valence-electron chi connectivity index (χ1n) is 19.9. The van der Waals surface area contributed by atoms with E-state index in [2.05, 4.69) is 192 Å². The predicted octanol–water partition coefficient (Wildman–Crippen LogP) is 14.7. The summed E-state index contributed by atoms with van der Waals surface area (Å²) in [5.41, 5.74) is 18.7. The van der Waals surface area contributed by atoms with E-state index in [-0.39, 0.29) is 21.1 Å². The average Bonchev–Trinajstić information content (AvgIpc) is 3.31. The van der Waals surface area contributed by atoms with Crippen molar-refractivity contribution in [2.24, 2.45) is 0 Å². The second kappa shape index (κ2) is 15.9. The normalized spacial score (nSPS) is 11.2. The molecule has 4 heteroatoms. The van der Waals surface area contributed by atoms with Crippen molar-refractivity contribution in [3.05, 3.63) is 225 Å². The molecule has 10 aromatic rings. The molecule has 0 amide bonds. The van der Waals surface area contributed by atoms with E-state index < -0.39 is 0 Å². The first kappa shape index (κ1) is 37.1. The molecule has 0 atom stereocenters. The van der Waals surface area contributed by atoms with Crippen molar-refractivity contribution >= 4 is 27.8 Å².